The minimum absolute atomic E-state index is 0.142. The summed E-state index contributed by atoms with van der Waals surface area (Å²) in [5, 5.41) is 3.05. The number of rotatable bonds is 5. The number of halogens is 1. The number of benzene rings is 1. The lowest BCUT2D eigenvalue weighted by Gasteiger charge is -2.12. The van der Waals surface area contributed by atoms with Gasteiger partial charge in [-0.3, -0.25) is 4.79 Å². The van der Waals surface area contributed by atoms with Crippen LogP contribution in [0.3, 0.4) is 0 Å². The third-order valence-electron chi connectivity index (χ3n) is 2.36. The number of hydrogen-bond acceptors (Lipinski definition) is 3. The molecule has 0 aromatic heterocycles. The fraction of sp³-hybridized carbons (Fsp3) is 0.364. The normalized spacial score (nSPS) is 13.1. The molecule has 0 heterocycles. The Morgan fingerprint density at radius 1 is 1.33 bits per heavy atom. The zero-order valence-corrected chi connectivity index (χ0v) is 12.5. The van der Waals surface area contributed by atoms with Crippen LogP contribution >= 0.6 is 15.9 Å². The lowest BCUT2D eigenvalue weighted by atomic mass is 10.2. The predicted octanol–water partition coefficient (Wildman–Crippen LogP) is 0.994. The molecule has 1 aromatic carbocycles. The van der Waals surface area contributed by atoms with E-state index in [-0.39, 0.29) is 10.8 Å². The smallest absolute Gasteiger partial charge is 0.241 e. The monoisotopic (exact) mass is 334 g/mol. The van der Waals surface area contributed by atoms with Crippen molar-refractivity contribution in [1.82, 2.24) is 10.0 Å². The van der Waals surface area contributed by atoms with Gasteiger partial charge < -0.3 is 5.32 Å². The van der Waals surface area contributed by atoms with Crippen LogP contribution in [0, 0.1) is 0 Å². The van der Waals surface area contributed by atoms with E-state index >= 15 is 0 Å². The maximum Gasteiger partial charge on any atom is 0.241 e. The molecule has 7 heteroatoms. The van der Waals surface area contributed by atoms with E-state index in [9.17, 15) is 13.2 Å². The molecule has 0 aliphatic rings. The lowest BCUT2D eigenvalue weighted by molar-refractivity contribution is -0.121. The molecule has 2 N–H and O–H groups in total. The number of likely N-dealkylation sites (N-methyl/N-ethyl adjacent to an activating group) is 1. The summed E-state index contributed by atoms with van der Waals surface area (Å²) in [5.41, 5.74) is 0.980. The Morgan fingerprint density at radius 3 is 2.33 bits per heavy atom. The van der Waals surface area contributed by atoms with Crippen LogP contribution in [0.2, 0.25) is 0 Å². The summed E-state index contributed by atoms with van der Waals surface area (Å²) < 4.78 is 26.2. The summed E-state index contributed by atoms with van der Waals surface area (Å²) in [5.74, 6) is -0.379. The average molecular weight is 335 g/mol. The number of amides is 1. The van der Waals surface area contributed by atoms with Gasteiger partial charge in [0.1, 0.15) is 0 Å². The summed E-state index contributed by atoms with van der Waals surface area (Å²) in [6.07, 6.45) is 0. The topological polar surface area (TPSA) is 75.3 Å². The highest BCUT2D eigenvalue weighted by molar-refractivity contribution is 9.08. The average Bonchev–Trinajstić information content (AvgIpc) is 2.37. The lowest BCUT2D eigenvalue weighted by Crippen LogP contribution is -2.43. The van der Waals surface area contributed by atoms with Gasteiger partial charge >= 0.3 is 0 Å². The van der Waals surface area contributed by atoms with E-state index < -0.39 is 16.1 Å². The molecule has 0 bridgehead atoms. The minimum atomic E-state index is -3.67. The second kappa shape index (κ2) is 6.31. The second-order valence-corrected chi connectivity index (χ2v) is 6.01. The van der Waals surface area contributed by atoms with Crippen LogP contribution < -0.4 is 10.0 Å². The van der Waals surface area contributed by atoms with Gasteiger partial charge in [0.05, 0.1) is 10.9 Å². The SMILES string of the molecule is CNC(=O)C(C)NS(=O)(=O)c1ccc(CBr)cc1. The molecule has 100 valence electrons. The summed E-state index contributed by atoms with van der Waals surface area (Å²) in [4.78, 5) is 11.4. The number of sulfonamides is 1. The first kappa shape index (κ1) is 15.1. The molecule has 0 saturated carbocycles. The van der Waals surface area contributed by atoms with Crippen molar-refractivity contribution in [2.45, 2.75) is 23.2 Å². The largest absolute Gasteiger partial charge is 0.358 e. The van der Waals surface area contributed by atoms with Gasteiger partial charge in [-0.05, 0) is 24.6 Å². The Labute approximate surface area is 115 Å². The number of hydrogen-bond donors (Lipinski definition) is 2. The first-order valence-electron chi connectivity index (χ1n) is 5.29. The van der Waals surface area contributed by atoms with Crippen molar-refractivity contribution in [2.24, 2.45) is 0 Å². The third kappa shape index (κ3) is 3.79. The summed E-state index contributed by atoms with van der Waals surface area (Å²) in [6.45, 7) is 1.49. The Balaban J connectivity index is 2.89. The summed E-state index contributed by atoms with van der Waals surface area (Å²) in [7, 11) is -2.21. The molecule has 0 saturated heterocycles. The highest BCUT2D eigenvalue weighted by Gasteiger charge is 2.20. The molecule has 0 aliphatic carbocycles. The number of alkyl halides is 1. The Morgan fingerprint density at radius 2 is 1.89 bits per heavy atom. The maximum absolute atomic E-state index is 12.0. The molecule has 1 atom stereocenters. The Kier molecular flexibility index (Phi) is 5.30. The van der Waals surface area contributed by atoms with Crippen LogP contribution in [0.15, 0.2) is 29.2 Å². The maximum atomic E-state index is 12.0. The molecule has 0 radical (unpaired) electrons. The summed E-state index contributed by atoms with van der Waals surface area (Å²) in [6, 6.07) is 5.64. The van der Waals surface area contributed by atoms with Gasteiger partial charge in [-0.25, -0.2) is 8.42 Å². The molecule has 1 rings (SSSR count). The number of carbonyl (C=O) groups excluding carboxylic acids is 1. The quantitative estimate of drug-likeness (QED) is 0.788. The van der Waals surface area contributed by atoms with Crippen LogP contribution in [0.4, 0.5) is 0 Å². The highest BCUT2D eigenvalue weighted by atomic mass is 79.9. The molecule has 0 fully saturated rings. The second-order valence-electron chi connectivity index (χ2n) is 3.73. The minimum Gasteiger partial charge on any atom is -0.358 e. The first-order valence-corrected chi connectivity index (χ1v) is 7.90. The van der Waals surface area contributed by atoms with Crippen molar-refractivity contribution in [2.75, 3.05) is 7.05 Å². The van der Waals surface area contributed by atoms with E-state index in [0.29, 0.717) is 5.33 Å². The predicted molar refractivity (Wildman–Crippen MR) is 72.9 cm³/mol. The van der Waals surface area contributed by atoms with E-state index in [0.717, 1.165) is 5.56 Å². The zero-order chi connectivity index (χ0) is 13.8. The van der Waals surface area contributed by atoms with Crippen LogP contribution in [0.25, 0.3) is 0 Å². The fourth-order valence-electron chi connectivity index (χ4n) is 1.33. The molecular formula is C11H15BrN2O3S. The molecule has 18 heavy (non-hydrogen) atoms. The summed E-state index contributed by atoms with van der Waals surface area (Å²) >= 11 is 3.28. The Bertz CT molecular complexity index is 514. The van der Waals surface area contributed by atoms with E-state index in [4.69, 9.17) is 0 Å². The Hall–Kier alpha value is -0.920. The number of carbonyl (C=O) groups is 1. The van der Waals surface area contributed by atoms with Crippen LogP contribution in [0.1, 0.15) is 12.5 Å². The molecule has 0 spiro atoms. The van der Waals surface area contributed by atoms with Gasteiger partial charge in [0, 0.05) is 12.4 Å². The van der Waals surface area contributed by atoms with Gasteiger partial charge in [0.25, 0.3) is 0 Å². The van der Waals surface area contributed by atoms with Gasteiger partial charge in [0.2, 0.25) is 15.9 Å². The molecule has 1 amide bonds. The van der Waals surface area contributed by atoms with Crippen LogP contribution in [-0.4, -0.2) is 27.4 Å². The van der Waals surface area contributed by atoms with Crippen LogP contribution in [-0.2, 0) is 20.1 Å². The van der Waals surface area contributed by atoms with Crippen molar-refractivity contribution in [1.29, 1.82) is 0 Å². The standard InChI is InChI=1S/C11H15BrN2O3S/c1-8(11(15)13-2)14-18(16,17)10-5-3-9(7-12)4-6-10/h3-6,8,14H,7H2,1-2H3,(H,13,15). The molecule has 5 nitrogen and oxygen atoms in total. The molecule has 1 aromatic rings. The first-order chi connectivity index (χ1) is 8.40. The highest BCUT2D eigenvalue weighted by Crippen LogP contribution is 2.12. The number of nitrogens with one attached hydrogen (secondary N) is 2. The van der Waals surface area contributed by atoms with Gasteiger partial charge in [-0.15, -0.1) is 0 Å². The van der Waals surface area contributed by atoms with Crippen molar-refractivity contribution < 1.29 is 13.2 Å². The third-order valence-corrected chi connectivity index (χ3v) is 4.56. The molecule has 1 unspecified atom stereocenters. The zero-order valence-electron chi connectivity index (χ0n) is 10.1. The van der Waals surface area contributed by atoms with Gasteiger partial charge in [0.15, 0.2) is 0 Å². The van der Waals surface area contributed by atoms with E-state index in [1.54, 1.807) is 12.1 Å². The van der Waals surface area contributed by atoms with Gasteiger partial charge in [-0.2, -0.15) is 4.72 Å². The van der Waals surface area contributed by atoms with Crippen molar-refractivity contribution in [3.05, 3.63) is 29.8 Å². The van der Waals surface area contributed by atoms with Crippen molar-refractivity contribution in [3.63, 3.8) is 0 Å². The van der Waals surface area contributed by atoms with Crippen molar-refractivity contribution in [3.8, 4) is 0 Å². The fourth-order valence-corrected chi connectivity index (χ4v) is 2.91. The van der Waals surface area contributed by atoms with Gasteiger partial charge in [-0.1, -0.05) is 28.1 Å². The van der Waals surface area contributed by atoms with E-state index in [2.05, 4.69) is 26.0 Å². The molecular weight excluding hydrogens is 320 g/mol. The molecule has 0 aliphatic heterocycles. The van der Waals surface area contributed by atoms with Crippen LogP contribution in [0.5, 0.6) is 0 Å². The van der Waals surface area contributed by atoms with E-state index in [1.807, 2.05) is 0 Å². The van der Waals surface area contributed by atoms with E-state index in [1.165, 1.54) is 26.1 Å². The van der Waals surface area contributed by atoms with Crippen molar-refractivity contribution >= 4 is 31.9 Å².